The molecule has 0 spiro atoms. The summed E-state index contributed by atoms with van der Waals surface area (Å²) in [7, 11) is 0. The standard InChI is InChI=1S/C16H26N4O.C6H11NO3S/c1-2-13-5-7-19(10-13)11-15-4-3-6-20(15)16(21)8-14-9-17-12-18-14;1-11-3-2-5(6(9)10)7-4-8/h9,12-13,15H,2-8,10-11H2,1H3,(H,17,18);4-5H,2-3H2,1H3,(H,7,8)(H,9,10)/t13-,15?;5-/m00/s1. The quantitative estimate of drug-likeness (QED) is 0.423. The predicted octanol–water partition coefficient (Wildman–Crippen LogP) is 1.61. The molecule has 3 rings (SSSR count). The van der Waals surface area contributed by atoms with Crippen LogP contribution in [0, 0.1) is 5.92 Å². The van der Waals surface area contributed by atoms with Gasteiger partial charge in [0.1, 0.15) is 6.04 Å². The summed E-state index contributed by atoms with van der Waals surface area (Å²) in [4.78, 5) is 44.4. The average Bonchev–Trinajstić information content (AvgIpc) is 3.54. The highest BCUT2D eigenvalue weighted by atomic mass is 32.2. The van der Waals surface area contributed by atoms with Crippen LogP contribution < -0.4 is 5.32 Å². The van der Waals surface area contributed by atoms with Crippen LogP contribution in [0.5, 0.6) is 0 Å². The van der Waals surface area contributed by atoms with Gasteiger partial charge in [0.2, 0.25) is 12.3 Å². The number of amides is 2. The van der Waals surface area contributed by atoms with Crippen LogP contribution in [0.3, 0.4) is 0 Å². The lowest BCUT2D eigenvalue weighted by molar-refractivity contribution is -0.140. The summed E-state index contributed by atoms with van der Waals surface area (Å²) < 4.78 is 0. The first-order chi connectivity index (χ1) is 15.5. The van der Waals surface area contributed by atoms with Crippen LogP contribution in [0.15, 0.2) is 12.5 Å². The fraction of sp³-hybridized carbons (Fsp3) is 0.727. The third-order valence-corrected chi connectivity index (χ3v) is 6.83. The van der Waals surface area contributed by atoms with Crippen molar-refractivity contribution in [2.24, 2.45) is 5.92 Å². The zero-order valence-electron chi connectivity index (χ0n) is 19.2. The fourth-order valence-electron chi connectivity index (χ4n) is 4.31. The molecule has 1 aromatic heterocycles. The largest absolute Gasteiger partial charge is 0.480 e. The van der Waals surface area contributed by atoms with Gasteiger partial charge in [-0.15, -0.1) is 0 Å². The molecular weight excluding hydrogens is 430 g/mol. The van der Waals surface area contributed by atoms with Crippen molar-refractivity contribution in [3.8, 4) is 0 Å². The van der Waals surface area contributed by atoms with Crippen LogP contribution >= 0.6 is 11.8 Å². The van der Waals surface area contributed by atoms with E-state index in [-0.39, 0.29) is 5.91 Å². The number of carboxylic acids is 1. The van der Waals surface area contributed by atoms with Gasteiger partial charge in [-0.2, -0.15) is 11.8 Å². The van der Waals surface area contributed by atoms with E-state index in [9.17, 15) is 14.4 Å². The molecule has 3 N–H and O–H groups in total. The molecule has 2 aliphatic heterocycles. The number of carboxylic acid groups (broad SMARTS) is 1. The van der Waals surface area contributed by atoms with E-state index in [1.54, 1.807) is 24.3 Å². The lowest BCUT2D eigenvalue weighted by Gasteiger charge is -2.28. The van der Waals surface area contributed by atoms with Crippen molar-refractivity contribution in [3.05, 3.63) is 18.2 Å². The topological polar surface area (TPSA) is 119 Å². The Morgan fingerprint density at radius 3 is 2.81 bits per heavy atom. The van der Waals surface area contributed by atoms with Gasteiger partial charge in [0, 0.05) is 37.6 Å². The van der Waals surface area contributed by atoms with Crippen LogP contribution in [0.2, 0.25) is 0 Å². The number of aromatic amines is 1. The van der Waals surface area contributed by atoms with Crippen molar-refractivity contribution in [2.45, 2.75) is 57.5 Å². The smallest absolute Gasteiger partial charge is 0.326 e. The molecule has 10 heteroatoms. The van der Waals surface area contributed by atoms with Crippen LogP contribution in [-0.4, -0.2) is 93.4 Å². The average molecular weight is 468 g/mol. The summed E-state index contributed by atoms with van der Waals surface area (Å²) in [5.74, 6) is 0.859. The molecule has 0 aliphatic carbocycles. The Labute approximate surface area is 194 Å². The number of carbonyl (C=O) groups excluding carboxylic acids is 2. The molecule has 180 valence electrons. The van der Waals surface area contributed by atoms with E-state index >= 15 is 0 Å². The molecule has 1 aromatic rings. The van der Waals surface area contributed by atoms with E-state index in [4.69, 9.17) is 5.11 Å². The summed E-state index contributed by atoms with van der Waals surface area (Å²) in [5.41, 5.74) is 0.915. The van der Waals surface area contributed by atoms with Crippen molar-refractivity contribution in [2.75, 3.05) is 38.2 Å². The number of hydrogen-bond acceptors (Lipinski definition) is 6. The van der Waals surface area contributed by atoms with Crippen molar-refractivity contribution in [1.29, 1.82) is 0 Å². The molecule has 2 saturated heterocycles. The Bertz CT molecular complexity index is 703. The molecule has 0 aromatic carbocycles. The number of aromatic nitrogens is 2. The Balaban J connectivity index is 0.000000282. The van der Waals surface area contributed by atoms with Gasteiger partial charge < -0.3 is 25.2 Å². The number of nitrogens with one attached hydrogen (secondary N) is 2. The fourth-order valence-corrected chi connectivity index (χ4v) is 4.78. The minimum atomic E-state index is -0.980. The summed E-state index contributed by atoms with van der Waals surface area (Å²) in [6, 6.07) is -0.323. The van der Waals surface area contributed by atoms with Gasteiger partial charge in [-0.05, 0) is 50.2 Å². The normalized spacial score (nSPS) is 21.6. The first-order valence-electron chi connectivity index (χ1n) is 11.4. The molecular formula is C22H37N5O4S. The molecule has 2 fully saturated rings. The van der Waals surface area contributed by atoms with Crippen LogP contribution in [0.1, 0.15) is 44.7 Å². The number of nitrogens with zero attached hydrogens (tertiary/aromatic N) is 3. The third-order valence-electron chi connectivity index (χ3n) is 6.19. The van der Waals surface area contributed by atoms with Gasteiger partial charge >= 0.3 is 5.97 Å². The molecule has 9 nitrogen and oxygen atoms in total. The van der Waals surface area contributed by atoms with Gasteiger partial charge in [-0.1, -0.05) is 13.3 Å². The monoisotopic (exact) mass is 467 g/mol. The van der Waals surface area contributed by atoms with E-state index in [1.165, 1.54) is 25.9 Å². The van der Waals surface area contributed by atoms with Crippen molar-refractivity contribution in [1.82, 2.24) is 25.1 Å². The maximum atomic E-state index is 12.5. The minimum absolute atomic E-state index is 0.244. The van der Waals surface area contributed by atoms with E-state index in [2.05, 4.69) is 32.0 Å². The Morgan fingerprint density at radius 2 is 2.22 bits per heavy atom. The zero-order chi connectivity index (χ0) is 23.3. The number of H-pyrrole nitrogens is 1. The number of rotatable bonds is 11. The SMILES string of the molecule is CC[C@H]1CCN(CC2CCCN2C(=O)Cc2cnc[nH]2)C1.CSCC[C@H](NC=O)C(=O)O. The molecule has 2 aliphatic rings. The second-order valence-electron chi connectivity index (χ2n) is 8.42. The maximum absolute atomic E-state index is 12.5. The highest BCUT2D eigenvalue weighted by Crippen LogP contribution is 2.24. The molecule has 3 heterocycles. The highest BCUT2D eigenvalue weighted by Gasteiger charge is 2.32. The second-order valence-corrected chi connectivity index (χ2v) is 9.40. The molecule has 2 amide bonds. The number of likely N-dealkylation sites (tertiary alicyclic amines) is 2. The maximum Gasteiger partial charge on any atom is 0.326 e. The van der Waals surface area contributed by atoms with Crippen LogP contribution in [-0.2, 0) is 20.8 Å². The van der Waals surface area contributed by atoms with Crippen molar-refractivity contribution < 1.29 is 19.5 Å². The van der Waals surface area contributed by atoms with Gasteiger partial charge in [0.05, 0.1) is 12.7 Å². The number of thioether (sulfide) groups is 1. The Morgan fingerprint density at radius 1 is 1.41 bits per heavy atom. The highest BCUT2D eigenvalue weighted by molar-refractivity contribution is 7.98. The first-order valence-corrected chi connectivity index (χ1v) is 12.8. The minimum Gasteiger partial charge on any atom is -0.480 e. The van der Waals surface area contributed by atoms with E-state index in [0.717, 1.165) is 43.3 Å². The predicted molar refractivity (Wildman–Crippen MR) is 125 cm³/mol. The van der Waals surface area contributed by atoms with Crippen LogP contribution in [0.25, 0.3) is 0 Å². The molecule has 0 radical (unpaired) electrons. The summed E-state index contributed by atoms with van der Waals surface area (Å²) in [6.45, 7) is 6.69. The molecule has 3 atom stereocenters. The Kier molecular flexibility index (Phi) is 11.6. The molecule has 1 unspecified atom stereocenters. The summed E-state index contributed by atoms with van der Waals surface area (Å²) >= 11 is 1.55. The molecule has 32 heavy (non-hydrogen) atoms. The number of imidazole rings is 1. The summed E-state index contributed by atoms with van der Waals surface area (Å²) in [5, 5.41) is 10.7. The number of carbonyl (C=O) groups is 3. The number of aliphatic carboxylic acids is 1. The van der Waals surface area contributed by atoms with E-state index in [1.807, 2.05) is 6.26 Å². The van der Waals surface area contributed by atoms with Gasteiger partial charge in [-0.25, -0.2) is 9.78 Å². The first kappa shape index (κ1) is 26.2. The van der Waals surface area contributed by atoms with Gasteiger partial charge in [-0.3, -0.25) is 9.59 Å². The lowest BCUT2D eigenvalue weighted by Crippen LogP contribution is -2.43. The van der Waals surface area contributed by atoms with Crippen molar-refractivity contribution >= 4 is 30.0 Å². The zero-order valence-corrected chi connectivity index (χ0v) is 20.0. The van der Waals surface area contributed by atoms with Gasteiger partial charge in [0.15, 0.2) is 0 Å². The summed E-state index contributed by atoms with van der Waals surface area (Å²) in [6.07, 6.45) is 11.5. The van der Waals surface area contributed by atoms with E-state index < -0.39 is 12.0 Å². The molecule has 0 bridgehead atoms. The number of hydrogen-bond donors (Lipinski definition) is 3. The second kappa shape index (κ2) is 14.2. The lowest BCUT2D eigenvalue weighted by atomic mass is 10.1. The van der Waals surface area contributed by atoms with Gasteiger partial charge in [0.25, 0.3) is 0 Å². The molecule has 0 saturated carbocycles. The third kappa shape index (κ3) is 8.46. The van der Waals surface area contributed by atoms with Crippen molar-refractivity contribution in [3.63, 3.8) is 0 Å². The van der Waals surface area contributed by atoms with Crippen LogP contribution in [0.4, 0.5) is 0 Å². The Hall–Kier alpha value is -2.07. The van der Waals surface area contributed by atoms with E-state index in [0.29, 0.717) is 25.3 Å².